The van der Waals surface area contributed by atoms with Crippen molar-refractivity contribution >= 4 is 17.5 Å². The average molecular weight is 294 g/mol. The molecule has 4 heteroatoms. The second-order valence-corrected chi connectivity index (χ2v) is 6.50. The third-order valence-electron chi connectivity index (χ3n) is 4.71. The fourth-order valence-electron chi connectivity index (χ4n) is 3.21. The van der Waals surface area contributed by atoms with E-state index in [0.29, 0.717) is 11.6 Å². The van der Waals surface area contributed by atoms with Gasteiger partial charge in [-0.1, -0.05) is 30.2 Å². The SMILES string of the molecule is O=C(NCC1CCCC1O)C1(c2cccc(Cl)c2)CC1. The fraction of sp³-hybridized carbons (Fsp3) is 0.562. The lowest BCUT2D eigenvalue weighted by molar-refractivity contribution is -0.123. The highest BCUT2D eigenvalue weighted by molar-refractivity contribution is 6.30. The number of nitrogens with one attached hydrogen (secondary N) is 1. The van der Waals surface area contributed by atoms with Crippen LogP contribution in [0.1, 0.15) is 37.7 Å². The average Bonchev–Trinajstić information content (AvgIpc) is 3.15. The van der Waals surface area contributed by atoms with Gasteiger partial charge in [0.2, 0.25) is 5.91 Å². The molecule has 108 valence electrons. The summed E-state index contributed by atoms with van der Waals surface area (Å²) in [5, 5.41) is 13.5. The Morgan fingerprint density at radius 2 is 2.20 bits per heavy atom. The second kappa shape index (κ2) is 5.38. The molecule has 1 aromatic carbocycles. The second-order valence-electron chi connectivity index (χ2n) is 6.06. The van der Waals surface area contributed by atoms with Crippen molar-refractivity contribution in [1.82, 2.24) is 5.32 Å². The van der Waals surface area contributed by atoms with E-state index in [0.717, 1.165) is 37.7 Å². The molecule has 3 rings (SSSR count). The Morgan fingerprint density at radius 1 is 1.40 bits per heavy atom. The van der Waals surface area contributed by atoms with Crippen LogP contribution in [-0.2, 0) is 10.2 Å². The molecule has 0 aliphatic heterocycles. The van der Waals surface area contributed by atoms with E-state index in [2.05, 4.69) is 5.32 Å². The van der Waals surface area contributed by atoms with Crippen LogP contribution in [0.25, 0.3) is 0 Å². The summed E-state index contributed by atoms with van der Waals surface area (Å²) in [6.07, 6.45) is 4.43. The lowest BCUT2D eigenvalue weighted by atomic mass is 9.94. The number of amides is 1. The first kappa shape index (κ1) is 13.9. The van der Waals surface area contributed by atoms with Gasteiger partial charge < -0.3 is 10.4 Å². The van der Waals surface area contributed by atoms with E-state index in [4.69, 9.17) is 11.6 Å². The van der Waals surface area contributed by atoms with Crippen LogP contribution in [0.15, 0.2) is 24.3 Å². The zero-order valence-corrected chi connectivity index (χ0v) is 12.2. The quantitative estimate of drug-likeness (QED) is 0.896. The van der Waals surface area contributed by atoms with Crippen LogP contribution in [-0.4, -0.2) is 23.7 Å². The fourth-order valence-corrected chi connectivity index (χ4v) is 3.40. The van der Waals surface area contributed by atoms with Gasteiger partial charge in [-0.15, -0.1) is 0 Å². The van der Waals surface area contributed by atoms with Crippen LogP contribution in [0.4, 0.5) is 0 Å². The van der Waals surface area contributed by atoms with Gasteiger partial charge in [-0.2, -0.15) is 0 Å². The molecule has 2 N–H and O–H groups in total. The molecule has 2 aliphatic carbocycles. The molecule has 3 nitrogen and oxygen atoms in total. The van der Waals surface area contributed by atoms with Crippen molar-refractivity contribution in [2.45, 2.75) is 43.6 Å². The Kier molecular flexibility index (Phi) is 3.74. The largest absolute Gasteiger partial charge is 0.393 e. The third-order valence-corrected chi connectivity index (χ3v) is 4.94. The molecular formula is C16H20ClNO2. The summed E-state index contributed by atoms with van der Waals surface area (Å²) < 4.78 is 0. The molecule has 1 aromatic rings. The summed E-state index contributed by atoms with van der Waals surface area (Å²) >= 11 is 6.02. The van der Waals surface area contributed by atoms with E-state index in [1.54, 1.807) is 0 Å². The maximum Gasteiger partial charge on any atom is 0.230 e. The van der Waals surface area contributed by atoms with Gasteiger partial charge in [0, 0.05) is 17.5 Å². The van der Waals surface area contributed by atoms with E-state index in [9.17, 15) is 9.90 Å². The lowest BCUT2D eigenvalue weighted by Crippen LogP contribution is -2.39. The van der Waals surface area contributed by atoms with Crippen molar-refractivity contribution in [3.8, 4) is 0 Å². The Bertz CT molecular complexity index is 513. The monoisotopic (exact) mass is 293 g/mol. The molecule has 0 spiro atoms. The normalized spacial score (nSPS) is 27.3. The summed E-state index contributed by atoms with van der Waals surface area (Å²) in [4.78, 5) is 12.5. The van der Waals surface area contributed by atoms with Crippen LogP contribution in [0.5, 0.6) is 0 Å². The highest BCUT2D eigenvalue weighted by atomic mass is 35.5. The van der Waals surface area contributed by atoms with Crippen molar-refractivity contribution in [3.63, 3.8) is 0 Å². The molecule has 0 heterocycles. The first-order chi connectivity index (χ1) is 9.62. The smallest absolute Gasteiger partial charge is 0.230 e. The molecular weight excluding hydrogens is 274 g/mol. The Balaban J connectivity index is 1.64. The van der Waals surface area contributed by atoms with Gasteiger partial charge in [-0.25, -0.2) is 0 Å². The van der Waals surface area contributed by atoms with Crippen molar-refractivity contribution in [2.24, 2.45) is 5.92 Å². The number of hydrogen-bond acceptors (Lipinski definition) is 2. The Morgan fingerprint density at radius 3 is 2.80 bits per heavy atom. The summed E-state index contributed by atoms with van der Waals surface area (Å²) in [5.41, 5.74) is 0.628. The van der Waals surface area contributed by atoms with Crippen LogP contribution in [0, 0.1) is 5.92 Å². The van der Waals surface area contributed by atoms with Crippen LogP contribution in [0.2, 0.25) is 5.02 Å². The summed E-state index contributed by atoms with van der Waals surface area (Å²) in [6, 6.07) is 7.58. The van der Waals surface area contributed by atoms with E-state index in [1.165, 1.54) is 0 Å². The highest BCUT2D eigenvalue weighted by Gasteiger charge is 2.51. The topological polar surface area (TPSA) is 49.3 Å². The van der Waals surface area contributed by atoms with E-state index < -0.39 is 0 Å². The van der Waals surface area contributed by atoms with Gasteiger partial charge in [0.15, 0.2) is 0 Å². The van der Waals surface area contributed by atoms with Crippen LogP contribution in [0.3, 0.4) is 0 Å². The van der Waals surface area contributed by atoms with Crippen molar-refractivity contribution in [3.05, 3.63) is 34.9 Å². The van der Waals surface area contributed by atoms with E-state index in [1.807, 2.05) is 24.3 Å². The summed E-state index contributed by atoms with van der Waals surface area (Å²) in [7, 11) is 0. The minimum Gasteiger partial charge on any atom is -0.393 e. The number of aliphatic hydroxyl groups is 1. The summed E-state index contributed by atoms with van der Waals surface area (Å²) in [6.45, 7) is 0.586. The standard InChI is InChI=1S/C16H20ClNO2/c17-13-5-2-4-12(9-13)16(7-8-16)15(20)18-10-11-3-1-6-14(11)19/h2,4-5,9,11,14,19H,1,3,6-8,10H2,(H,18,20). The third kappa shape index (κ3) is 2.57. The van der Waals surface area contributed by atoms with Crippen molar-refractivity contribution < 1.29 is 9.90 Å². The predicted molar refractivity (Wildman–Crippen MR) is 78.7 cm³/mol. The number of hydrogen-bond donors (Lipinski definition) is 2. The molecule has 0 saturated heterocycles. The molecule has 2 atom stereocenters. The minimum absolute atomic E-state index is 0.0823. The molecule has 2 saturated carbocycles. The van der Waals surface area contributed by atoms with Gasteiger partial charge in [-0.3, -0.25) is 4.79 Å². The number of benzene rings is 1. The number of halogens is 1. The molecule has 0 aromatic heterocycles. The zero-order valence-electron chi connectivity index (χ0n) is 11.4. The molecule has 0 radical (unpaired) electrons. The first-order valence-corrected chi connectivity index (χ1v) is 7.72. The maximum atomic E-state index is 12.5. The minimum atomic E-state index is -0.380. The number of rotatable bonds is 4. The Labute approximate surface area is 124 Å². The van der Waals surface area contributed by atoms with Gasteiger partial charge in [-0.05, 0) is 43.4 Å². The van der Waals surface area contributed by atoms with Gasteiger partial charge in [0.25, 0.3) is 0 Å². The molecule has 2 aliphatic rings. The zero-order chi connectivity index (χ0) is 14.2. The first-order valence-electron chi connectivity index (χ1n) is 7.34. The van der Waals surface area contributed by atoms with E-state index >= 15 is 0 Å². The summed E-state index contributed by atoms with van der Waals surface area (Å²) in [5.74, 6) is 0.299. The van der Waals surface area contributed by atoms with Gasteiger partial charge in [0.1, 0.15) is 0 Å². The van der Waals surface area contributed by atoms with Crippen molar-refractivity contribution in [1.29, 1.82) is 0 Å². The number of aliphatic hydroxyl groups excluding tert-OH is 1. The van der Waals surface area contributed by atoms with Gasteiger partial charge >= 0.3 is 0 Å². The van der Waals surface area contributed by atoms with Gasteiger partial charge in [0.05, 0.1) is 11.5 Å². The predicted octanol–water partition coefficient (Wildman–Crippen LogP) is 2.65. The Hall–Kier alpha value is -1.06. The van der Waals surface area contributed by atoms with Crippen LogP contribution < -0.4 is 5.32 Å². The maximum absolute atomic E-state index is 12.5. The lowest BCUT2D eigenvalue weighted by Gasteiger charge is -2.19. The molecule has 2 unspecified atom stereocenters. The van der Waals surface area contributed by atoms with Crippen LogP contribution >= 0.6 is 11.6 Å². The number of carbonyl (C=O) groups excluding carboxylic acids is 1. The molecule has 20 heavy (non-hydrogen) atoms. The molecule has 0 bridgehead atoms. The molecule has 2 fully saturated rings. The highest BCUT2D eigenvalue weighted by Crippen LogP contribution is 2.48. The molecule has 1 amide bonds. The van der Waals surface area contributed by atoms with E-state index in [-0.39, 0.29) is 23.3 Å². The van der Waals surface area contributed by atoms with Crippen molar-refractivity contribution in [2.75, 3.05) is 6.54 Å². The number of carbonyl (C=O) groups is 1.